The van der Waals surface area contributed by atoms with E-state index in [0.717, 1.165) is 11.3 Å². The fourth-order valence-corrected chi connectivity index (χ4v) is 3.11. The molecule has 2 aromatic heterocycles. The van der Waals surface area contributed by atoms with E-state index in [0.29, 0.717) is 13.1 Å². The van der Waals surface area contributed by atoms with Crippen molar-refractivity contribution in [3.05, 3.63) is 42.2 Å². The summed E-state index contributed by atoms with van der Waals surface area (Å²) in [4.78, 5) is 28.3. The normalized spacial score (nSPS) is 10.8. The van der Waals surface area contributed by atoms with E-state index in [1.807, 2.05) is 6.92 Å². The number of H-pyrrole nitrogens is 1. The summed E-state index contributed by atoms with van der Waals surface area (Å²) in [6.07, 6.45) is 0.763. The first-order chi connectivity index (χ1) is 9.93. The average molecular weight is 308 g/mol. The molecule has 0 amide bonds. The minimum absolute atomic E-state index is 0.190. The van der Waals surface area contributed by atoms with Crippen LogP contribution in [0.4, 0.5) is 11.5 Å². The van der Waals surface area contributed by atoms with Gasteiger partial charge in [-0.1, -0.05) is 6.92 Å². The van der Waals surface area contributed by atoms with Crippen molar-refractivity contribution < 1.29 is 0 Å². The molecule has 0 saturated heterocycles. The van der Waals surface area contributed by atoms with Crippen molar-refractivity contribution in [1.29, 1.82) is 0 Å². The quantitative estimate of drug-likeness (QED) is 0.785. The Morgan fingerprint density at radius 2 is 2.10 bits per heavy atom. The van der Waals surface area contributed by atoms with Crippen LogP contribution in [0.15, 0.2) is 15.7 Å². The molecule has 21 heavy (non-hydrogen) atoms. The first kappa shape index (κ1) is 15.4. The Bertz CT molecular complexity index is 738. The third-order valence-corrected chi connectivity index (χ3v) is 4.50. The highest BCUT2D eigenvalue weighted by Crippen LogP contribution is 2.22. The van der Waals surface area contributed by atoms with Gasteiger partial charge in [0.05, 0.1) is 0 Å². The number of aryl methyl sites for hydroxylation is 2. The maximum Gasteiger partial charge on any atom is 0.330 e. The molecule has 2 rings (SSSR count). The molecule has 0 radical (unpaired) electrons. The van der Waals surface area contributed by atoms with Crippen molar-refractivity contribution in [2.45, 2.75) is 40.3 Å². The van der Waals surface area contributed by atoms with Crippen LogP contribution in [0, 0.1) is 13.8 Å². The highest BCUT2D eigenvalue weighted by Gasteiger charge is 2.12. The summed E-state index contributed by atoms with van der Waals surface area (Å²) in [6, 6.07) is 2.08. The van der Waals surface area contributed by atoms with E-state index in [4.69, 9.17) is 5.73 Å². The van der Waals surface area contributed by atoms with E-state index in [1.54, 1.807) is 11.3 Å². The van der Waals surface area contributed by atoms with Crippen LogP contribution in [0.1, 0.15) is 28.7 Å². The monoisotopic (exact) mass is 308 g/mol. The molecule has 0 aliphatic carbocycles. The molecule has 0 atom stereocenters. The van der Waals surface area contributed by atoms with Crippen LogP contribution in [0.25, 0.3) is 0 Å². The SMILES string of the molecule is CCCn1c(N)c(NCc2cc(C)c(C)s2)c(=O)[nH]c1=O. The van der Waals surface area contributed by atoms with Crippen molar-refractivity contribution in [1.82, 2.24) is 9.55 Å². The Morgan fingerprint density at radius 1 is 1.38 bits per heavy atom. The predicted molar refractivity (Wildman–Crippen MR) is 87.1 cm³/mol. The van der Waals surface area contributed by atoms with Gasteiger partial charge in [-0.15, -0.1) is 11.3 Å². The lowest BCUT2D eigenvalue weighted by molar-refractivity contribution is 0.642. The molecule has 0 bridgehead atoms. The van der Waals surface area contributed by atoms with Gasteiger partial charge in [0.25, 0.3) is 5.56 Å². The number of nitrogen functional groups attached to an aromatic ring is 1. The summed E-state index contributed by atoms with van der Waals surface area (Å²) in [5, 5.41) is 3.05. The van der Waals surface area contributed by atoms with Crippen LogP contribution in [0.3, 0.4) is 0 Å². The number of nitrogens with zero attached hydrogens (tertiary/aromatic N) is 1. The maximum absolute atomic E-state index is 11.9. The Kier molecular flexibility index (Phi) is 4.52. The molecule has 0 fully saturated rings. The summed E-state index contributed by atoms with van der Waals surface area (Å²) in [5.41, 5.74) is 6.50. The number of nitrogens with two attached hydrogens (primary N) is 1. The molecule has 2 aromatic rings. The average Bonchev–Trinajstić information content (AvgIpc) is 2.73. The molecular formula is C14H20N4O2S. The number of aromatic nitrogens is 2. The first-order valence-corrected chi connectivity index (χ1v) is 7.68. The van der Waals surface area contributed by atoms with Crippen LogP contribution >= 0.6 is 11.3 Å². The zero-order chi connectivity index (χ0) is 15.6. The zero-order valence-corrected chi connectivity index (χ0v) is 13.3. The summed E-state index contributed by atoms with van der Waals surface area (Å²) in [7, 11) is 0. The third kappa shape index (κ3) is 3.18. The molecule has 6 nitrogen and oxygen atoms in total. The van der Waals surface area contributed by atoms with Gasteiger partial charge in [0.1, 0.15) is 11.5 Å². The second-order valence-electron chi connectivity index (χ2n) is 4.98. The Balaban J connectivity index is 2.29. The van der Waals surface area contributed by atoms with Crippen LogP contribution < -0.4 is 22.3 Å². The maximum atomic E-state index is 11.9. The highest BCUT2D eigenvalue weighted by molar-refractivity contribution is 7.12. The molecule has 0 unspecified atom stereocenters. The fourth-order valence-electron chi connectivity index (χ4n) is 2.12. The van der Waals surface area contributed by atoms with E-state index >= 15 is 0 Å². The summed E-state index contributed by atoms with van der Waals surface area (Å²) in [5.74, 6) is 0.190. The van der Waals surface area contributed by atoms with E-state index in [1.165, 1.54) is 15.0 Å². The van der Waals surface area contributed by atoms with E-state index in [2.05, 4.69) is 30.2 Å². The third-order valence-electron chi connectivity index (χ3n) is 3.34. The Labute approximate surface area is 126 Å². The Hall–Kier alpha value is -2.02. The van der Waals surface area contributed by atoms with Crippen LogP contribution in [0.5, 0.6) is 0 Å². The van der Waals surface area contributed by atoms with E-state index < -0.39 is 11.2 Å². The van der Waals surface area contributed by atoms with Gasteiger partial charge in [-0.05, 0) is 31.9 Å². The van der Waals surface area contributed by atoms with Crippen molar-refractivity contribution in [2.24, 2.45) is 0 Å². The number of hydrogen-bond acceptors (Lipinski definition) is 5. The molecule has 0 aliphatic rings. The molecule has 0 saturated carbocycles. The second kappa shape index (κ2) is 6.17. The van der Waals surface area contributed by atoms with Crippen molar-refractivity contribution in [2.75, 3.05) is 11.1 Å². The Morgan fingerprint density at radius 3 is 2.67 bits per heavy atom. The van der Waals surface area contributed by atoms with E-state index in [-0.39, 0.29) is 11.5 Å². The van der Waals surface area contributed by atoms with Crippen LogP contribution in [-0.4, -0.2) is 9.55 Å². The first-order valence-electron chi connectivity index (χ1n) is 6.86. The smallest absolute Gasteiger partial charge is 0.330 e. The number of hydrogen-bond donors (Lipinski definition) is 3. The van der Waals surface area contributed by atoms with Gasteiger partial charge >= 0.3 is 5.69 Å². The van der Waals surface area contributed by atoms with Gasteiger partial charge in [0.15, 0.2) is 0 Å². The minimum Gasteiger partial charge on any atom is -0.383 e. The standard InChI is InChI=1S/C14H20N4O2S/c1-4-5-18-12(15)11(13(19)17-14(18)20)16-7-10-6-8(2)9(3)21-10/h6,16H,4-5,7,15H2,1-3H3,(H,17,19,20). The van der Waals surface area contributed by atoms with Gasteiger partial charge in [-0.2, -0.15) is 0 Å². The molecule has 4 N–H and O–H groups in total. The summed E-state index contributed by atoms with van der Waals surface area (Å²) >= 11 is 1.68. The number of aromatic amines is 1. The lowest BCUT2D eigenvalue weighted by Crippen LogP contribution is -2.34. The van der Waals surface area contributed by atoms with Crippen molar-refractivity contribution >= 4 is 22.8 Å². The molecule has 114 valence electrons. The minimum atomic E-state index is -0.477. The molecule has 2 heterocycles. The molecule has 0 spiro atoms. The predicted octanol–water partition coefficient (Wildman–Crippen LogP) is 1.82. The number of nitrogens with one attached hydrogen (secondary N) is 2. The summed E-state index contributed by atoms with van der Waals surface area (Å²) < 4.78 is 1.38. The van der Waals surface area contributed by atoms with Gasteiger partial charge in [0, 0.05) is 22.8 Å². The van der Waals surface area contributed by atoms with Crippen LogP contribution in [-0.2, 0) is 13.1 Å². The lowest BCUT2D eigenvalue weighted by atomic mass is 10.3. The van der Waals surface area contributed by atoms with Gasteiger partial charge in [0.2, 0.25) is 0 Å². The number of thiophene rings is 1. The molecule has 0 aliphatic heterocycles. The lowest BCUT2D eigenvalue weighted by Gasteiger charge is -2.12. The van der Waals surface area contributed by atoms with Crippen molar-refractivity contribution in [3.63, 3.8) is 0 Å². The zero-order valence-electron chi connectivity index (χ0n) is 12.4. The second-order valence-corrected chi connectivity index (χ2v) is 6.32. The molecular weight excluding hydrogens is 288 g/mol. The molecule has 0 aromatic carbocycles. The van der Waals surface area contributed by atoms with Gasteiger partial charge in [-0.3, -0.25) is 14.3 Å². The number of anilines is 2. The number of rotatable bonds is 5. The topological polar surface area (TPSA) is 92.9 Å². The van der Waals surface area contributed by atoms with Crippen LogP contribution in [0.2, 0.25) is 0 Å². The molecule has 7 heteroatoms. The van der Waals surface area contributed by atoms with Crippen molar-refractivity contribution in [3.8, 4) is 0 Å². The fraction of sp³-hybridized carbons (Fsp3) is 0.429. The van der Waals surface area contributed by atoms with Gasteiger partial charge in [-0.25, -0.2) is 4.79 Å². The van der Waals surface area contributed by atoms with E-state index in [9.17, 15) is 9.59 Å². The highest BCUT2D eigenvalue weighted by atomic mass is 32.1. The summed E-state index contributed by atoms with van der Waals surface area (Å²) in [6.45, 7) is 7.05. The van der Waals surface area contributed by atoms with Gasteiger partial charge < -0.3 is 11.1 Å². The largest absolute Gasteiger partial charge is 0.383 e.